The number of amides is 1. The van der Waals surface area contributed by atoms with Gasteiger partial charge in [0.2, 0.25) is 5.91 Å². The Morgan fingerprint density at radius 1 is 1.00 bits per heavy atom. The highest BCUT2D eigenvalue weighted by Gasteiger charge is 2.37. The number of ketones is 1. The molecule has 2 N–H and O–H groups in total. The van der Waals surface area contributed by atoms with Gasteiger partial charge in [0.15, 0.2) is 5.78 Å². The molecule has 2 atom stereocenters. The molecular weight excluding hydrogens is 374 g/mol. The first-order valence-electron chi connectivity index (χ1n) is 11.0. The number of hydrogen-bond acceptors (Lipinski definition) is 4. The van der Waals surface area contributed by atoms with Crippen molar-refractivity contribution < 1.29 is 9.59 Å². The van der Waals surface area contributed by atoms with Gasteiger partial charge in [0.1, 0.15) is 6.04 Å². The van der Waals surface area contributed by atoms with Crippen LogP contribution in [-0.4, -0.2) is 31.8 Å². The fraction of sp³-hybridized carbons (Fsp3) is 0.440. The van der Waals surface area contributed by atoms with Crippen molar-refractivity contribution in [3.8, 4) is 0 Å². The third-order valence-electron chi connectivity index (χ3n) is 5.71. The van der Waals surface area contributed by atoms with E-state index < -0.39 is 6.04 Å². The molecule has 0 fully saturated rings. The second kappa shape index (κ2) is 10.3. The molecule has 0 radical (unpaired) electrons. The first kappa shape index (κ1) is 21.9. The van der Waals surface area contributed by atoms with Gasteiger partial charge in [-0.1, -0.05) is 56.9 Å². The number of nitrogens with one attached hydrogen (secondary N) is 2. The van der Waals surface area contributed by atoms with Gasteiger partial charge in [0, 0.05) is 37.5 Å². The van der Waals surface area contributed by atoms with Crippen LogP contribution in [0.1, 0.15) is 67.4 Å². The molecule has 3 rings (SSSR count). The van der Waals surface area contributed by atoms with E-state index in [-0.39, 0.29) is 17.7 Å². The van der Waals surface area contributed by atoms with Crippen LogP contribution in [0.15, 0.2) is 48.5 Å². The molecule has 2 aromatic rings. The molecule has 0 aromatic heterocycles. The lowest BCUT2D eigenvalue weighted by Crippen LogP contribution is -2.49. The number of carbonyl (C=O) groups excluding carboxylic acids is 2. The number of anilines is 2. The quantitative estimate of drug-likeness (QED) is 0.578. The van der Waals surface area contributed by atoms with E-state index in [1.807, 2.05) is 67.5 Å². The minimum Gasteiger partial charge on any atom is -0.378 e. The second-order valence-electron chi connectivity index (χ2n) is 8.23. The highest BCUT2D eigenvalue weighted by molar-refractivity contribution is 6.08. The molecule has 1 amide bonds. The van der Waals surface area contributed by atoms with Gasteiger partial charge in [0.05, 0.1) is 6.04 Å². The summed E-state index contributed by atoms with van der Waals surface area (Å²) in [6, 6.07) is 14.7. The Kier molecular flexibility index (Phi) is 7.50. The Hall–Kier alpha value is -2.82. The number of benzene rings is 2. The molecule has 0 aliphatic carbocycles. The number of hydrogen-bond donors (Lipinski definition) is 2. The highest BCUT2D eigenvalue weighted by Crippen LogP contribution is 2.33. The average molecular weight is 408 g/mol. The van der Waals surface area contributed by atoms with Crippen molar-refractivity contribution in [2.75, 3.05) is 24.3 Å². The molecule has 160 valence electrons. The van der Waals surface area contributed by atoms with Crippen molar-refractivity contribution in [3.05, 3.63) is 59.7 Å². The third-order valence-corrected chi connectivity index (χ3v) is 5.71. The average Bonchev–Trinajstić information content (AvgIpc) is 2.75. The molecule has 0 saturated carbocycles. The summed E-state index contributed by atoms with van der Waals surface area (Å²) in [4.78, 5) is 27.9. The van der Waals surface area contributed by atoms with E-state index in [0.717, 1.165) is 36.2 Å². The molecule has 0 bridgehead atoms. The summed E-state index contributed by atoms with van der Waals surface area (Å²) in [6.07, 6.45) is 5.91. The topological polar surface area (TPSA) is 61.4 Å². The van der Waals surface area contributed by atoms with Crippen LogP contribution in [0.2, 0.25) is 0 Å². The number of carbonyl (C=O) groups is 2. The molecule has 30 heavy (non-hydrogen) atoms. The number of nitrogens with zero attached hydrogens (tertiary/aromatic N) is 1. The predicted molar refractivity (Wildman–Crippen MR) is 123 cm³/mol. The molecule has 0 unspecified atom stereocenters. The molecule has 5 nitrogen and oxygen atoms in total. The minimum atomic E-state index is -0.617. The zero-order valence-corrected chi connectivity index (χ0v) is 18.3. The first-order chi connectivity index (χ1) is 14.5. The molecule has 5 heteroatoms. The summed E-state index contributed by atoms with van der Waals surface area (Å²) in [6.45, 7) is 2.18. The Morgan fingerprint density at radius 2 is 1.70 bits per heavy atom. The maximum Gasteiger partial charge on any atom is 0.220 e. The van der Waals surface area contributed by atoms with Gasteiger partial charge in [-0.3, -0.25) is 9.59 Å². The molecular formula is C25H33N3O2. The van der Waals surface area contributed by atoms with Crippen LogP contribution < -0.4 is 15.5 Å². The number of Topliss-reactive ketones (excluding diaryl/α,β-unsaturated/α-hetero) is 1. The summed E-state index contributed by atoms with van der Waals surface area (Å²) in [5.41, 5.74) is 3.52. The standard InChI is InChI=1S/C25H33N3O2/c1-4-5-6-7-8-13-22(29)27-24-23(18-14-16-19(17-15-18)28(2)3)26-21-12-10-9-11-20(21)25(24)30/h9-12,14-17,23-24,26H,4-8,13H2,1-3H3,(H,27,29)/t23-,24+/m1/s1. The van der Waals surface area contributed by atoms with Crippen LogP contribution >= 0.6 is 0 Å². The lowest BCUT2D eigenvalue weighted by Gasteiger charge is -2.34. The number of unbranched alkanes of at least 4 members (excludes halogenated alkanes) is 4. The lowest BCUT2D eigenvalue weighted by atomic mass is 9.87. The van der Waals surface area contributed by atoms with E-state index in [1.54, 1.807) is 0 Å². The van der Waals surface area contributed by atoms with Gasteiger partial charge in [0.25, 0.3) is 0 Å². The van der Waals surface area contributed by atoms with Crippen molar-refractivity contribution >= 4 is 23.1 Å². The largest absolute Gasteiger partial charge is 0.378 e. The first-order valence-corrected chi connectivity index (χ1v) is 11.0. The SMILES string of the molecule is CCCCCCCC(=O)N[C@@H]1C(=O)c2ccccc2N[C@@H]1c1ccc(N(C)C)cc1. The summed E-state index contributed by atoms with van der Waals surface area (Å²) >= 11 is 0. The summed E-state index contributed by atoms with van der Waals surface area (Å²) < 4.78 is 0. The summed E-state index contributed by atoms with van der Waals surface area (Å²) in [7, 11) is 3.99. The lowest BCUT2D eigenvalue weighted by molar-refractivity contribution is -0.121. The van der Waals surface area contributed by atoms with Crippen molar-refractivity contribution in [2.24, 2.45) is 0 Å². The summed E-state index contributed by atoms with van der Waals surface area (Å²) in [5.74, 6) is -0.0914. The van der Waals surface area contributed by atoms with Crippen molar-refractivity contribution in [1.29, 1.82) is 0 Å². The monoisotopic (exact) mass is 407 g/mol. The van der Waals surface area contributed by atoms with E-state index in [4.69, 9.17) is 0 Å². The fourth-order valence-corrected chi connectivity index (χ4v) is 3.93. The molecule has 1 heterocycles. The Balaban J connectivity index is 1.78. The van der Waals surface area contributed by atoms with E-state index in [2.05, 4.69) is 17.6 Å². The van der Waals surface area contributed by atoms with Gasteiger partial charge in [-0.25, -0.2) is 0 Å². The van der Waals surface area contributed by atoms with Crippen LogP contribution in [0.5, 0.6) is 0 Å². The van der Waals surface area contributed by atoms with Crippen LogP contribution in [0, 0.1) is 0 Å². The van der Waals surface area contributed by atoms with E-state index in [1.165, 1.54) is 12.8 Å². The number of fused-ring (bicyclic) bond motifs is 1. The Bertz CT molecular complexity index is 861. The van der Waals surface area contributed by atoms with Crippen molar-refractivity contribution in [1.82, 2.24) is 5.32 Å². The third kappa shape index (κ3) is 5.21. The summed E-state index contributed by atoms with van der Waals surface area (Å²) in [5, 5.41) is 6.51. The maximum atomic E-state index is 13.3. The normalized spacial score (nSPS) is 17.8. The fourth-order valence-electron chi connectivity index (χ4n) is 3.93. The van der Waals surface area contributed by atoms with Crippen LogP contribution in [0.3, 0.4) is 0 Å². The van der Waals surface area contributed by atoms with Gasteiger partial charge in [-0.2, -0.15) is 0 Å². The molecule has 0 spiro atoms. The highest BCUT2D eigenvalue weighted by atomic mass is 16.2. The smallest absolute Gasteiger partial charge is 0.220 e. The van der Waals surface area contributed by atoms with Crippen molar-refractivity contribution in [3.63, 3.8) is 0 Å². The van der Waals surface area contributed by atoms with Crippen LogP contribution in [-0.2, 0) is 4.79 Å². The number of rotatable bonds is 9. The molecule has 2 aromatic carbocycles. The van der Waals surface area contributed by atoms with Gasteiger partial charge < -0.3 is 15.5 Å². The van der Waals surface area contributed by atoms with Crippen molar-refractivity contribution in [2.45, 2.75) is 57.5 Å². The van der Waals surface area contributed by atoms with E-state index in [9.17, 15) is 9.59 Å². The van der Waals surface area contributed by atoms with Crippen LogP contribution in [0.4, 0.5) is 11.4 Å². The van der Waals surface area contributed by atoms with Gasteiger partial charge >= 0.3 is 0 Å². The zero-order valence-electron chi connectivity index (χ0n) is 18.3. The molecule has 0 saturated heterocycles. The van der Waals surface area contributed by atoms with Crippen LogP contribution in [0.25, 0.3) is 0 Å². The predicted octanol–water partition coefficient (Wildman–Crippen LogP) is 4.95. The Morgan fingerprint density at radius 3 is 2.40 bits per heavy atom. The van der Waals surface area contributed by atoms with E-state index in [0.29, 0.717) is 12.0 Å². The maximum absolute atomic E-state index is 13.3. The van der Waals surface area contributed by atoms with Gasteiger partial charge in [-0.15, -0.1) is 0 Å². The minimum absolute atomic E-state index is 0.0367. The van der Waals surface area contributed by atoms with E-state index >= 15 is 0 Å². The zero-order chi connectivity index (χ0) is 21.5. The number of para-hydroxylation sites is 1. The molecule has 1 aliphatic heterocycles. The Labute approximate surface area is 179 Å². The van der Waals surface area contributed by atoms with Gasteiger partial charge in [-0.05, 0) is 36.2 Å². The molecule has 1 aliphatic rings. The second-order valence-corrected chi connectivity index (χ2v) is 8.23.